The molecule has 9 heteroatoms. The Morgan fingerprint density at radius 1 is 1.07 bits per heavy atom. The van der Waals surface area contributed by atoms with Gasteiger partial charge in [-0.15, -0.1) is 11.8 Å². The van der Waals surface area contributed by atoms with Crippen molar-refractivity contribution in [2.45, 2.75) is 51.1 Å². The van der Waals surface area contributed by atoms with Crippen molar-refractivity contribution >= 4 is 35.6 Å². The van der Waals surface area contributed by atoms with Crippen LogP contribution in [-0.4, -0.2) is 47.8 Å². The molecule has 0 saturated heterocycles. The van der Waals surface area contributed by atoms with Gasteiger partial charge in [0.1, 0.15) is 0 Å². The minimum Gasteiger partial charge on any atom is -0.452 e. The van der Waals surface area contributed by atoms with Crippen molar-refractivity contribution in [3.05, 3.63) is 29.8 Å². The molecule has 0 aliphatic carbocycles. The Morgan fingerprint density at radius 2 is 1.71 bits per heavy atom. The Labute approximate surface area is 169 Å². The van der Waals surface area contributed by atoms with Crippen molar-refractivity contribution in [3.63, 3.8) is 0 Å². The van der Waals surface area contributed by atoms with Gasteiger partial charge in [0.15, 0.2) is 6.61 Å². The maximum Gasteiger partial charge on any atom is 0.339 e. The zero-order valence-electron chi connectivity index (χ0n) is 16.8. The predicted octanol–water partition coefficient (Wildman–Crippen LogP) is 2.08. The molecule has 4 amide bonds. The summed E-state index contributed by atoms with van der Waals surface area (Å²) in [6.45, 7) is 8.44. The Balaban J connectivity index is 2.59. The van der Waals surface area contributed by atoms with Crippen LogP contribution in [0.4, 0.5) is 4.79 Å². The second kappa shape index (κ2) is 10.7. The van der Waals surface area contributed by atoms with Gasteiger partial charge in [-0.1, -0.05) is 12.1 Å². The van der Waals surface area contributed by atoms with Gasteiger partial charge in [0.2, 0.25) is 5.91 Å². The van der Waals surface area contributed by atoms with E-state index in [1.54, 1.807) is 45.0 Å². The summed E-state index contributed by atoms with van der Waals surface area (Å²) in [5.41, 5.74) is -0.254. The number of nitrogens with one attached hydrogen (secondary N) is 3. The Morgan fingerprint density at radius 3 is 2.32 bits per heavy atom. The number of carbonyl (C=O) groups is 4. The zero-order chi connectivity index (χ0) is 21.3. The number of amides is 4. The topological polar surface area (TPSA) is 114 Å². The largest absolute Gasteiger partial charge is 0.452 e. The van der Waals surface area contributed by atoms with Crippen molar-refractivity contribution < 1.29 is 23.9 Å². The van der Waals surface area contributed by atoms with Crippen LogP contribution in [0.1, 0.15) is 45.0 Å². The maximum atomic E-state index is 12.3. The molecule has 0 heterocycles. The summed E-state index contributed by atoms with van der Waals surface area (Å²) in [5, 5.41) is 7.43. The number of hydrogen-bond donors (Lipinski definition) is 3. The first kappa shape index (κ1) is 23.5. The molecular formula is C19H27N3O5S. The van der Waals surface area contributed by atoms with Crippen LogP contribution in [0.25, 0.3) is 0 Å². The van der Waals surface area contributed by atoms with E-state index in [0.29, 0.717) is 4.90 Å². The number of imide groups is 1. The van der Waals surface area contributed by atoms with E-state index < -0.39 is 30.1 Å². The lowest BCUT2D eigenvalue weighted by atomic mass is 10.1. The number of thioether (sulfide) groups is 1. The number of carbonyl (C=O) groups excluding carboxylic acids is 4. The molecule has 8 nitrogen and oxygen atoms in total. The van der Waals surface area contributed by atoms with Crippen LogP contribution in [0.3, 0.4) is 0 Å². The third kappa shape index (κ3) is 9.40. The summed E-state index contributed by atoms with van der Waals surface area (Å²) < 4.78 is 4.99. The maximum absolute atomic E-state index is 12.3. The van der Waals surface area contributed by atoms with Gasteiger partial charge < -0.3 is 15.4 Å². The van der Waals surface area contributed by atoms with E-state index in [0.717, 1.165) is 0 Å². The second-order valence-electron chi connectivity index (χ2n) is 7.34. The first-order chi connectivity index (χ1) is 13.0. The van der Waals surface area contributed by atoms with E-state index in [2.05, 4.69) is 16.0 Å². The highest BCUT2D eigenvalue weighted by molar-refractivity contribution is 8.00. The molecule has 0 bridgehead atoms. The molecule has 0 aliphatic rings. The number of urea groups is 1. The standard InChI is InChI=1S/C19H27N3O5S/c1-12(2)20-16(24)11-28-14-9-7-6-8-13(14)17(25)27-10-15(23)21-18(26)22-19(3,4)5/h6-9,12H,10-11H2,1-5H3,(H,20,24)(H2,21,22,23,26). The van der Waals surface area contributed by atoms with Gasteiger partial charge in [0, 0.05) is 16.5 Å². The molecule has 1 aromatic carbocycles. The van der Waals surface area contributed by atoms with Crippen molar-refractivity contribution in [2.75, 3.05) is 12.4 Å². The molecule has 0 radical (unpaired) electrons. The highest BCUT2D eigenvalue weighted by atomic mass is 32.2. The van der Waals surface area contributed by atoms with Crippen LogP contribution in [0.15, 0.2) is 29.2 Å². The molecular weight excluding hydrogens is 382 g/mol. The lowest BCUT2D eigenvalue weighted by molar-refractivity contribution is -0.123. The third-order valence-corrected chi connectivity index (χ3v) is 4.06. The van der Waals surface area contributed by atoms with Gasteiger partial charge >= 0.3 is 12.0 Å². The smallest absolute Gasteiger partial charge is 0.339 e. The minimum absolute atomic E-state index is 0.0299. The van der Waals surface area contributed by atoms with Gasteiger partial charge in [0.05, 0.1) is 11.3 Å². The molecule has 0 spiro atoms. The first-order valence-electron chi connectivity index (χ1n) is 8.78. The molecule has 154 valence electrons. The number of esters is 1. The molecule has 3 N–H and O–H groups in total. The summed E-state index contributed by atoms with van der Waals surface area (Å²) in [6, 6.07) is 6.01. The van der Waals surface area contributed by atoms with E-state index in [9.17, 15) is 19.2 Å². The molecule has 0 fully saturated rings. The SMILES string of the molecule is CC(C)NC(=O)CSc1ccccc1C(=O)OCC(=O)NC(=O)NC(C)(C)C. The lowest BCUT2D eigenvalue weighted by Gasteiger charge is -2.20. The van der Waals surface area contributed by atoms with E-state index in [1.807, 2.05) is 13.8 Å². The van der Waals surface area contributed by atoms with Crippen LogP contribution >= 0.6 is 11.8 Å². The molecule has 0 aliphatic heterocycles. The monoisotopic (exact) mass is 409 g/mol. The Kier molecular flexibility index (Phi) is 8.98. The molecule has 28 heavy (non-hydrogen) atoms. The average Bonchev–Trinajstić information content (AvgIpc) is 2.55. The fourth-order valence-corrected chi connectivity index (χ4v) is 2.86. The summed E-state index contributed by atoms with van der Waals surface area (Å²) in [7, 11) is 0. The summed E-state index contributed by atoms with van der Waals surface area (Å²) in [6.07, 6.45) is 0. The van der Waals surface area contributed by atoms with Gasteiger partial charge in [-0.3, -0.25) is 14.9 Å². The predicted molar refractivity (Wildman–Crippen MR) is 107 cm³/mol. The first-order valence-corrected chi connectivity index (χ1v) is 9.77. The van der Waals surface area contributed by atoms with E-state index in [-0.39, 0.29) is 23.3 Å². The highest BCUT2D eigenvalue weighted by Gasteiger charge is 2.18. The van der Waals surface area contributed by atoms with Gasteiger partial charge in [-0.25, -0.2) is 9.59 Å². The van der Waals surface area contributed by atoms with Crippen molar-refractivity contribution in [3.8, 4) is 0 Å². The second-order valence-corrected chi connectivity index (χ2v) is 8.35. The van der Waals surface area contributed by atoms with Crippen LogP contribution in [0.2, 0.25) is 0 Å². The molecule has 1 aromatic rings. The van der Waals surface area contributed by atoms with E-state index in [1.165, 1.54) is 11.8 Å². The Hall–Kier alpha value is -2.55. The van der Waals surface area contributed by atoms with Crippen molar-refractivity contribution in [1.29, 1.82) is 0 Å². The van der Waals surface area contributed by atoms with Crippen molar-refractivity contribution in [2.24, 2.45) is 0 Å². The molecule has 0 saturated carbocycles. The number of benzene rings is 1. The van der Waals surface area contributed by atoms with Crippen LogP contribution in [0.5, 0.6) is 0 Å². The quantitative estimate of drug-likeness (QED) is 0.469. The number of rotatable bonds is 7. The third-order valence-electron chi connectivity index (χ3n) is 2.99. The van der Waals surface area contributed by atoms with Crippen LogP contribution < -0.4 is 16.0 Å². The number of hydrogen-bond acceptors (Lipinski definition) is 6. The number of ether oxygens (including phenoxy) is 1. The summed E-state index contributed by atoms with van der Waals surface area (Å²) in [5.74, 6) is -1.45. The normalized spacial score (nSPS) is 10.9. The lowest BCUT2D eigenvalue weighted by Crippen LogP contribution is -2.49. The van der Waals surface area contributed by atoms with Crippen LogP contribution in [0, 0.1) is 0 Å². The minimum atomic E-state index is -0.739. The highest BCUT2D eigenvalue weighted by Crippen LogP contribution is 2.23. The van der Waals surface area contributed by atoms with Gasteiger partial charge in [-0.05, 0) is 46.8 Å². The zero-order valence-corrected chi connectivity index (χ0v) is 17.6. The van der Waals surface area contributed by atoms with E-state index >= 15 is 0 Å². The average molecular weight is 410 g/mol. The fourth-order valence-electron chi connectivity index (χ4n) is 2.01. The molecule has 0 atom stereocenters. The Bertz CT molecular complexity index is 729. The summed E-state index contributed by atoms with van der Waals surface area (Å²) in [4.78, 5) is 48.1. The van der Waals surface area contributed by atoms with Crippen LogP contribution in [-0.2, 0) is 14.3 Å². The van der Waals surface area contributed by atoms with Gasteiger partial charge in [0.25, 0.3) is 5.91 Å². The van der Waals surface area contributed by atoms with Crippen molar-refractivity contribution in [1.82, 2.24) is 16.0 Å². The summed E-state index contributed by atoms with van der Waals surface area (Å²) >= 11 is 1.20. The molecule has 1 rings (SSSR count). The molecule has 0 unspecified atom stereocenters. The molecule has 0 aromatic heterocycles. The fraction of sp³-hybridized carbons (Fsp3) is 0.474. The van der Waals surface area contributed by atoms with Gasteiger partial charge in [-0.2, -0.15) is 0 Å². The van der Waals surface area contributed by atoms with E-state index in [4.69, 9.17) is 4.74 Å².